The minimum atomic E-state index is -3.81. The van der Waals surface area contributed by atoms with E-state index in [9.17, 15) is 8.42 Å². The number of primary sulfonamides is 1. The van der Waals surface area contributed by atoms with Gasteiger partial charge in [-0.05, 0) is 25.8 Å². The van der Waals surface area contributed by atoms with Crippen LogP contribution in [0.1, 0.15) is 18.4 Å². The Balaban J connectivity index is 2.22. The van der Waals surface area contributed by atoms with Gasteiger partial charge in [0.25, 0.3) is 0 Å². The average molecular weight is 286 g/mol. The van der Waals surface area contributed by atoms with Crippen LogP contribution in [-0.2, 0) is 14.8 Å². The van der Waals surface area contributed by atoms with E-state index in [0.717, 1.165) is 19.4 Å². The van der Waals surface area contributed by atoms with Crippen molar-refractivity contribution in [3.05, 3.63) is 17.7 Å². The Morgan fingerprint density at radius 1 is 1.47 bits per heavy atom. The SMILES string of the molecule is Cc1c(OCC2CCCO2)cc(N)cc1S(N)(=O)=O. The molecule has 19 heavy (non-hydrogen) atoms. The fraction of sp³-hybridized carbons (Fsp3) is 0.500. The van der Waals surface area contributed by atoms with E-state index >= 15 is 0 Å². The predicted molar refractivity (Wildman–Crippen MR) is 71.4 cm³/mol. The molecule has 1 saturated heterocycles. The topological polar surface area (TPSA) is 105 Å². The highest BCUT2D eigenvalue weighted by Gasteiger charge is 2.19. The maximum absolute atomic E-state index is 11.5. The molecule has 1 fully saturated rings. The molecular weight excluding hydrogens is 268 g/mol. The van der Waals surface area contributed by atoms with Crippen LogP contribution in [0.25, 0.3) is 0 Å². The zero-order chi connectivity index (χ0) is 14.0. The van der Waals surface area contributed by atoms with Crippen molar-refractivity contribution in [2.45, 2.75) is 30.8 Å². The van der Waals surface area contributed by atoms with Gasteiger partial charge < -0.3 is 15.2 Å². The van der Waals surface area contributed by atoms with Crippen molar-refractivity contribution in [1.29, 1.82) is 0 Å². The molecule has 6 nitrogen and oxygen atoms in total. The van der Waals surface area contributed by atoms with Crippen LogP contribution in [0.4, 0.5) is 5.69 Å². The van der Waals surface area contributed by atoms with Gasteiger partial charge in [-0.1, -0.05) is 0 Å². The number of sulfonamides is 1. The number of nitrogens with two attached hydrogens (primary N) is 2. The molecule has 1 aromatic carbocycles. The lowest BCUT2D eigenvalue weighted by atomic mass is 10.2. The molecule has 4 N–H and O–H groups in total. The summed E-state index contributed by atoms with van der Waals surface area (Å²) in [5, 5.41) is 5.15. The average Bonchev–Trinajstić information content (AvgIpc) is 2.81. The van der Waals surface area contributed by atoms with Crippen LogP contribution in [0.3, 0.4) is 0 Å². The summed E-state index contributed by atoms with van der Waals surface area (Å²) in [6.45, 7) is 2.77. The van der Waals surface area contributed by atoms with Crippen molar-refractivity contribution in [2.75, 3.05) is 18.9 Å². The third kappa shape index (κ3) is 3.37. The molecular formula is C12H18N2O4S. The first-order chi connectivity index (χ1) is 8.88. The van der Waals surface area contributed by atoms with Crippen molar-refractivity contribution in [1.82, 2.24) is 0 Å². The van der Waals surface area contributed by atoms with Crippen molar-refractivity contribution in [3.63, 3.8) is 0 Å². The molecule has 0 amide bonds. The molecule has 1 aromatic rings. The zero-order valence-electron chi connectivity index (χ0n) is 10.8. The third-order valence-electron chi connectivity index (χ3n) is 3.09. The zero-order valence-corrected chi connectivity index (χ0v) is 11.6. The smallest absolute Gasteiger partial charge is 0.238 e. The Morgan fingerprint density at radius 2 is 2.21 bits per heavy atom. The number of hydrogen-bond donors (Lipinski definition) is 2. The number of ether oxygens (including phenoxy) is 2. The van der Waals surface area contributed by atoms with Crippen LogP contribution in [0.5, 0.6) is 5.75 Å². The summed E-state index contributed by atoms with van der Waals surface area (Å²) in [7, 11) is -3.81. The molecule has 0 spiro atoms. The second-order valence-corrected chi connectivity index (χ2v) is 6.16. The summed E-state index contributed by atoms with van der Waals surface area (Å²) in [6.07, 6.45) is 2.02. The van der Waals surface area contributed by atoms with Gasteiger partial charge in [0, 0.05) is 23.9 Å². The predicted octanol–water partition coefficient (Wildman–Crippen LogP) is 0.782. The van der Waals surface area contributed by atoms with E-state index in [2.05, 4.69) is 0 Å². The van der Waals surface area contributed by atoms with Crippen LogP contribution in [0.2, 0.25) is 0 Å². The lowest BCUT2D eigenvalue weighted by Crippen LogP contribution is -2.18. The lowest BCUT2D eigenvalue weighted by Gasteiger charge is -2.15. The molecule has 106 valence electrons. The normalized spacial score (nSPS) is 19.6. The fourth-order valence-corrected chi connectivity index (χ4v) is 2.91. The van der Waals surface area contributed by atoms with Gasteiger partial charge >= 0.3 is 0 Å². The van der Waals surface area contributed by atoms with E-state index in [1.165, 1.54) is 6.07 Å². The van der Waals surface area contributed by atoms with Gasteiger partial charge in [0.05, 0.1) is 11.0 Å². The van der Waals surface area contributed by atoms with Crippen molar-refractivity contribution >= 4 is 15.7 Å². The molecule has 0 radical (unpaired) electrons. The first-order valence-electron chi connectivity index (χ1n) is 6.05. The van der Waals surface area contributed by atoms with E-state index in [0.29, 0.717) is 23.6 Å². The largest absolute Gasteiger partial charge is 0.490 e. The minimum absolute atomic E-state index is 0.00478. The summed E-state index contributed by atoms with van der Waals surface area (Å²) in [4.78, 5) is -0.00478. The maximum atomic E-state index is 11.5. The van der Waals surface area contributed by atoms with Crippen molar-refractivity contribution in [2.24, 2.45) is 5.14 Å². The van der Waals surface area contributed by atoms with Crippen molar-refractivity contribution in [3.8, 4) is 5.75 Å². The second-order valence-electron chi connectivity index (χ2n) is 4.63. The molecule has 0 bridgehead atoms. The molecule has 2 rings (SSSR count). The van der Waals surface area contributed by atoms with Gasteiger partial charge in [0.1, 0.15) is 12.4 Å². The number of anilines is 1. The summed E-state index contributed by atoms with van der Waals surface area (Å²) in [5.74, 6) is 0.430. The molecule has 0 saturated carbocycles. The summed E-state index contributed by atoms with van der Waals surface area (Å²) in [5.41, 5.74) is 6.45. The van der Waals surface area contributed by atoms with Crippen LogP contribution in [0, 0.1) is 6.92 Å². The van der Waals surface area contributed by atoms with Gasteiger partial charge in [-0.15, -0.1) is 0 Å². The van der Waals surface area contributed by atoms with Crippen LogP contribution in [-0.4, -0.2) is 27.7 Å². The summed E-state index contributed by atoms with van der Waals surface area (Å²) >= 11 is 0. The van der Waals surface area contributed by atoms with E-state index in [1.807, 2.05) is 0 Å². The second kappa shape index (κ2) is 5.36. The Labute approximate surface area is 112 Å². The number of nitrogen functional groups attached to an aromatic ring is 1. The molecule has 1 aliphatic rings. The summed E-state index contributed by atoms with van der Waals surface area (Å²) in [6, 6.07) is 2.93. The van der Waals surface area contributed by atoms with E-state index < -0.39 is 10.0 Å². The van der Waals surface area contributed by atoms with Crippen LogP contribution < -0.4 is 15.6 Å². The van der Waals surface area contributed by atoms with Gasteiger partial charge in [0.2, 0.25) is 10.0 Å². The summed E-state index contributed by atoms with van der Waals surface area (Å²) < 4.78 is 34.0. The van der Waals surface area contributed by atoms with Gasteiger partial charge in [-0.3, -0.25) is 0 Å². The molecule has 1 unspecified atom stereocenters. The van der Waals surface area contributed by atoms with Crippen molar-refractivity contribution < 1.29 is 17.9 Å². The van der Waals surface area contributed by atoms with Gasteiger partial charge in [0.15, 0.2) is 0 Å². The Kier molecular flexibility index (Phi) is 3.98. The highest BCUT2D eigenvalue weighted by atomic mass is 32.2. The van der Waals surface area contributed by atoms with Crippen LogP contribution in [0.15, 0.2) is 17.0 Å². The highest BCUT2D eigenvalue weighted by Crippen LogP contribution is 2.28. The minimum Gasteiger partial charge on any atom is -0.490 e. The number of hydrogen-bond acceptors (Lipinski definition) is 5. The molecule has 1 heterocycles. The molecule has 1 atom stereocenters. The Bertz CT molecular complexity index is 565. The third-order valence-corrected chi connectivity index (χ3v) is 4.13. The maximum Gasteiger partial charge on any atom is 0.238 e. The van der Waals surface area contributed by atoms with E-state index in [1.54, 1.807) is 13.0 Å². The lowest BCUT2D eigenvalue weighted by molar-refractivity contribution is 0.0676. The Morgan fingerprint density at radius 3 is 2.79 bits per heavy atom. The van der Waals surface area contributed by atoms with Gasteiger partial charge in [-0.25, -0.2) is 13.6 Å². The fourth-order valence-electron chi connectivity index (χ4n) is 2.09. The number of rotatable bonds is 4. The molecule has 0 aliphatic carbocycles. The van der Waals surface area contributed by atoms with E-state index in [-0.39, 0.29) is 11.0 Å². The highest BCUT2D eigenvalue weighted by molar-refractivity contribution is 7.89. The first-order valence-corrected chi connectivity index (χ1v) is 7.60. The monoisotopic (exact) mass is 286 g/mol. The standard InChI is InChI=1S/C12H18N2O4S/c1-8-11(18-7-10-3-2-4-17-10)5-9(13)6-12(8)19(14,15)16/h5-6,10H,2-4,7,13H2,1H3,(H2,14,15,16). The molecule has 1 aliphatic heterocycles. The molecule has 0 aromatic heterocycles. The molecule has 7 heteroatoms. The number of benzene rings is 1. The van der Waals surface area contributed by atoms with Crippen LogP contribution >= 0.6 is 0 Å². The van der Waals surface area contributed by atoms with Gasteiger partial charge in [-0.2, -0.15) is 0 Å². The first kappa shape index (κ1) is 14.1. The quantitative estimate of drug-likeness (QED) is 0.796. The Hall–Kier alpha value is -1.31. The van der Waals surface area contributed by atoms with E-state index in [4.69, 9.17) is 20.3 Å².